The molecule has 2 nitrogen and oxygen atoms in total. The molecule has 0 fully saturated rings. The Morgan fingerprint density at radius 2 is 1.91 bits per heavy atom. The van der Waals surface area contributed by atoms with Gasteiger partial charge < -0.3 is 9.47 Å². The molecule has 0 amide bonds. The van der Waals surface area contributed by atoms with Gasteiger partial charge in [0, 0.05) is 19.6 Å². The molecule has 4 heteroatoms. The summed E-state index contributed by atoms with van der Waals surface area (Å²) >= 11 is 5.79. The molecule has 1 unspecified atom stereocenters. The number of hydrogen-bond acceptors (Lipinski definition) is 2. The van der Waals surface area contributed by atoms with Gasteiger partial charge in [-0.1, -0.05) is 6.04 Å². The highest BCUT2D eigenvalue weighted by Crippen LogP contribution is 2.05. The van der Waals surface area contributed by atoms with Gasteiger partial charge in [0.2, 0.25) is 0 Å². The molecule has 0 aromatic heterocycles. The minimum Gasteiger partial charge on any atom is -0.360 e. The van der Waals surface area contributed by atoms with E-state index in [1.165, 1.54) is 6.04 Å². The Bertz CT molecular complexity index is 86.5. The molecule has 0 aromatic carbocycles. The van der Waals surface area contributed by atoms with E-state index in [9.17, 15) is 0 Å². The predicted molar refractivity (Wildman–Crippen MR) is 51.1 cm³/mol. The van der Waals surface area contributed by atoms with Gasteiger partial charge in [-0.25, -0.2) is 0 Å². The maximum Gasteiger partial charge on any atom is 0.134 e. The SMILES string of the molecule is COC(OC)[SiH2]CCC(C)Cl. The average Bonchev–Trinajstić information content (AvgIpc) is 1.98. The van der Waals surface area contributed by atoms with Crippen LogP contribution in [0.3, 0.4) is 0 Å². The van der Waals surface area contributed by atoms with Crippen molar-refractivity contribution in [2.45, 2.75) is 30.7 Å². The van der Waals surface area contributed by atoms with Gasteiger partial charge >= 0.3 is 0 Å². The fraction of sp³-hybridized carbons (Fsp3) is 1.00. The van der Waals surface area contributed by atoms with Crippen LogP contribution < -0.4 is 0 Å². The molecule has 0 aliphatic rings. The summed E-state index contributed by atoms with van der Waals surface area (Å²) in [5.74, 6) is 0.0745. The van der Waals surface area contributed by atoms with E-state index in [1.54, 1.807) is 14.2 Å². The molecule has 0 saturated heterocycles. The zero-order chi connectivity index (χ0) is 8.69. The summed E-state index contributed by atoms with van der Waals surface area (Å²) in [5, 5.41) is 0.289. The van der Waals surface area contributed by atoms with Crippen LogP contribution in [0.5, 0.6) is 0 Å². The first-order valence-corrected chi connectivity index (χ1v) is 6.15. The second kappa shape index (κ2) is 7.10. The molecular formula is C7H17ClO2Si. The lowest BCUT2D eigenvalue weighted by Gasteiger charge is -2.12. The Labute approximate surface area is 76.0 Å². The fourth-order valence-corrected chi connectivity index (χ4v) is 2.96. The maximum atomic E-state index is 5.79. The molecule has 0 aliphatic carbocycles. The van der Waals surface area contributed by atoms with Crippen molar-refractivity contribution in [3.05, 3.63) is 0 Å². The number of hydrogen-bond donors (Lipinski definition) is 0. The van der Waals surface area contributed by atoms with Crippen molar-refractivity contribution in [2.75, 3.05) is 14.2 Å². The third kappa shape index (κ3) is 6.81. The van der Waals surface area contributed by atoms with Crippen molar-refractivity contribution in [1.29, 1.82) is 0 Å². The van der Waals surface area contributed by atoms with Crippen LogP contribution in [-0.4, -0.2) is 35.0 Å². The van der Waals surface area contributed by atoms with Crippen LogP contribution in [-0.2, 0) is 9.47 Å². The fourth-order valence-electron chi connectivity index (χ4n) is 0.898. The van der Waals surface area contributed by atoms with E-state index in [2.05, 4.69) is 0 Å². The highest BCUT2D eigenvalue weighted by atomic mass is 35.5. The summed E-state index contributed by atoms with van der Waals surface area (Å²) in [6.45, 7) is 2.02. The minimum atomic E-state index is -0.246. The number of halogens is 1. The van der Waals surface area contributed by atoms with E-state index in [-0.39, 0.29) is 20.8 Å². The Balaban J connectivity index is 3.21. The summed E-state index contributed by atoms with van der Waals surface area (Å²) < 4.78 is 10.2. The van der Waals surface area contributed by atoms with Crippen molar-refractivity contribution < 1.29 is 9.47 Å². The van der Waals surface area contributed by atoms with Crippen LogP contribution in [0.25, 0.3) is 0 Å². The van der Waals surface area contributed by atoms with E-state index in [0.29, 0.717) is 0 Å². The molecular weight excluding hydrogens is 180 g/mol. The molecule has 1 atom stereocenters. The average molecular weight is 197 g/mol. The second-order valence-electron chi connectivity index (χ2n) is 2.61. The van der Waals surface area contributed by atoms with Gasteiger partial charge in [0.25, 0.3) is 0 Å². The van der Waals surface area contributed by atoms with Crippen molar-refractivity contribution in [3.63, 3.8) is 0 Å². The molecule has 11 heavy (non-hydrogen) atoms. The second-order valence-corrected chi connectivity index (χ2v) is 5.31. The third-order valence-corrected chi connectivity index (χ3v) is 3.74. The van der Waals surface area contributed by atoms with Gasteiger partial charge in [0.15, 0.2) is 0 Å². The van der Waals surface area contributed by atoms with Crippen LogP contribution in [0.15, 0.2) is 0 Å². The largest absolute Gasteiger partial charge is 0.360 e. The summed E-state index contributed by atoms with van der Waals surface area (Å²) in [6, 6.07) is 1.19. The molecule has 0 saturated carbocycles. The zero-order valence-corrected chi connectivity index (χ0v) is 9.64. The number of rotatable bonds is 6. The van der Waals surface area contributed by atoms with Crippen LogP contribution in [0.2, 0.25) is 6.04 Å². The lowest BCUT2D eigenvalue weighted by atomic mass is 10.4. The van der Waals surface area contributed by atoms with Crippen LogP contribution >= 0.6 is 11.6 Å². The van der Waals surface area contributed by atoms with Crippen molar-refractivity contribution in [2.24, 2.45) is 0 Å². The molecule has 0 radical (unpaired) electrons. The number of alkyl halides is 1. The summed E-state index contributed by atoms with van der Waals surface area (Å²) in [5.41, 5.74) is 0. The minimum absolute atomic E-state index is 0.0745. The molecule has 0 N–H and O–H groups in total. The number of ether oxygens (including phenoxy) is 2. The quantitative estimate of drug-likeness (QED) is 0.361. The summed E-state index contributed by atoms with van der Waals surface area (Å²) in [7, 11) is 3.13. The first-order chi connectivity index (χ1) is 5.20. The van der Waals surface area contributed by atoms with Gasteiger partial charge in [0.05, 0.1) is 9.52 Å². The molecule has 0 rings (SSSR count). The molecule has 0 spiro atoms. The Hall–Kier alpha value is 0.427. The lowest BCUT2D eigenvalue weighted by molar-refractivity contribution is -0.0441. The molecule has 68 valence electrons. The summed E-state index contributed by atoms with van der Waals surface area (Å²) in [4.78, 5) is 0. The standard InChI is InChI=1S/C7H17ClO2Si/c1-6(8)4-5-11-7(9-2)10-3/h6-7H,4-5,11H2,1-3H3. The smallest absolute Gasteiger partial charge is 0.134 e. The van der Waals surface area contributed by atoms with Crippen LogP contribution in [0.4, 0.5) is 0 Å². The van der Waals surface area contributed by atoms with Gasteiger partial charge in [-0.3, -0.25) is 0 Å². The highest BCUT2D eigenvalue weighted by Gasteiger charge is 2.05. The number of methoxy groups -OCH3 is 2. The van der Waals surface area contributed by atoms with E-state index >= 15 is 0 Å². The third-order valence-electron chi connectivity index (χ3n) is 1.57. The van der Waals surface area contributed by atoms with Gasteiger partial charge in [-0.05, 0) is 13.3 Å². The van der Waals surface area contributed by atoms with E-state index in [4.69, 9.17) is 21.1 Å². The van der Waals surface area contributed by atoms with Crippen molar-refractivity contribution in [1.82, 2.24) is 0 Å². The predicted octanol–water partition coefficient (Wildman–Crippen LogP) is 1.17. The van der Waals surface area contributed by atoms with Gasteiger partial charge in [0.1, 0.15) is 5.91 Å². The normalized spacial score (nSPS) is 15.0. The Kier molecular flexibility index (Phi) is 7.37. The van der Waals surface area contributed by atoms with Crippen molar-refractivity contribution >= 4 is 21.1 Å². The lowest BCUT2D eigenvalue weighted by Crippen LogP contribution is -2.21. The van der Waals surface area contributed by atoms with Gasteiger partial charge in [-0.2, -0.15) is 0 Å². The maximum absolute atomic E-state index is 5.79. The monoisotopic (exact) mass is 196 g/mol. The van der Waals surface area contributed by atoms with E-state index < -0.39 is 0 Å². The Morgan fingerprint density at radius 1 is 1.36 bits per heavy atom. The topological polar surface area (TPSA) is 18.5 Å². The molecule has 0 bridgehead atoms. The zero-order valence-electron chi connectivity index (χ0n) is 7.47. The van der Waals surface area contributed by atoms with Crippen molar-refractivity contribution in [3.8, 4) is 0 Å². The van der Waals surface area contributed by atoms with Crippen LogP contribution in [0, 0.1) is 0 Å². The summed E-state index contributed by atoms with van der Waals surface area (Å²) in [6.07, 6.45) is 1.08. The molecule has 0 aliphatic heterocycles. The first-order valence-electron chi connectivity index (χ1n) is 3.90. The molecule has 0 heterocycles. The highest BCUT2D eigenvalue weighted by molar-refractivity contribution is 6.36. The van der Waals surface area contributed by atoms with E-state index in [1.807, 2.05) is 6.92 Å². The van der Waals surface area contributed by atoms with Crippen LogP contribution in [0.1, 0.15) is 13.3 Å². The Morgan fingerprint density at radius 3 is 2.27 bits per heavy atom. The first kappa shape index (κ1) is 11.4. The molecule has 0 aromatic rings. The van der Waals surface area contributed by atoms with Gasteiger partial charge in [-0.15, -0.1) is 11.6 Å². The van der Waals surface area contributed by atoms with E-state index in [0.717, 1.165) is 6.42 Å².